The number of halogens is 2. The number of carbonyl (C=O) groups is 1. The van der Waals surface area contributed by atoms with Crippen LogP contribution in [0.15, 0.2) is 48.8 Å². The van der Waals surface area contributed by atoms with E-state index in [9.17, 15) is 9.18 Å². The zero-order valence-corrected chi connectivity index (χ0v) is 11.6. The minimum atomic E-state index is -0.644. The van der Waals surface area contributed by atoms with Crippen LogP contribution in [0.1, 0.15) is 16.1 Å². The molecule has 0 saturated heterocycles. The van der Waals surface area contributed by atoms with Gasteiger partial charge in [0, 0.05) is 12.4 Å². The third kappa shape index (κ3) is 2.73. The summed E-state index contributed by atoms with van der Waals surface area (Å²) in [4.78, 5) is 16.3. The first-order valence-corrected chi connectivity index (χ1v) is 6.68. The van der Waals surface area contributed by atoms with Gasteiger partial charge in [0.05, 0.1) is 22.8 Å². The van der Waals surface area contributed by atoms with E-state index in [1.807, 2.05) is 28.8 Å². The molecule has 3 rings (SSSR count). The van der Waals surface area contributed by atoms with Crippen LogP contribution < -0.4 is 5.32 Å². The van der Waals surface area contributed by atoms with Gasteiger partial charge < -0.3 is 9.72 Å². The Bertz CT molecular complexity index is 762. The lowest BCUT2D eigenvalue weighted by molar-refractivity contribution is 0.0946. The molecule has 1 N–H and O–H groups in total. The average Bonchev–Trinajstić information content (AvgIpc) is 2.87. The van der Waals surface area contributed by atoms with Gasteiger partial charge in [0.25, 0.3) is 5.91 Å². The summed E-state index contributed by atoms with van der Waals surface area (Å²) in [6, 6.07) is 9.76. The predicted molar refractivity (Wildman–Crippen MR) is 77.8 cm³/mol. The molecule has 0 spiro atoms. The highest BCUT2D eigenvalue weighted by molar-refractivity contribution is 6.33. The number of hydrogen-bond acceptors (Lipinski definition) is 2. The largest absolute Gasteiger partial charge is 0.346 e. The zero-order chi connectivity index (χ0) is 14.8. The fourth-order valence-corrected chi connectivity index (χ4v) is 2.30. The van der Waals surface area contributed by atoms with Gasteiger partial charge >= 0.3 is 0 Å². The standard InChI is InChI=1S/C15H11ClFN3O/c16-11-4-3-5-12(17)14(11)15(21)18-8-10-9-20-7-2-1-6-13(20)19-10/h1-7,9H,8H2,(H,18,21). The molecule has 0 bridgehead atoms. The second kappa shape index (κ2) is 5.54. The summed E-state index contributed by atoms with van der Waals surface area (Å²) in [5.41, 5.74) is 1.32. The van der Waals surface area contributed by atoms with Gasteiger partial charge in [-0.05, 0) is 24.3 Å². The third-order valence-corrected chi connectivity index (χ3v) is 3.35. The molecule has 1 amide bonds. The van der Waals surface area contributed by atoms with E-state index >= 15 is 0 Å². The van der Waals surface area contributed by atoms with Crippen LogP contribution in [0.25, 0.3) is 5.65 Å². The monoisotopic (exact) mass is 303 g/mol. The third-order valence-electron chi connectivity index (χ3n) is 3.03. The number of fused-ring (bicyclic) bond motifs is 1. The number of aromatic nitrogens is 2. The van der Waals surface area contributed by atoms with Crippen molar-refractivity contribution in [1.29, 1.82) is 0 Å². The van der Waals surface area contributed by atoms with Gasteiger partial charge in [0.1, 0.15) is 11.5 Å². The normalized spacial score (nSPS) is 10.8. The summed E-state index contributed by atoms with van der Waals surface area (Å²) in [7, 11) is 0. The van der Waals surface area contributed by atoms with Gasteiger partial charge in [0.2, 0.25) is 0 Å². The Balaban J connectivity index is 1.76. The molecule has 2 aromatic heterocycles. The highest BCUT2D eigenvalue weighted by Gasteiger charge is 2.15. The average molecular weight is 304 g/mol. The van der Waals surface area contributed by atoms with Crippen molar-refractivity contribution in [3.8, 4) is 0 Å². The van der Waals surface area contributed by atoms with Gasteiger partial charge in [-0.1, -0.05) is 23.7 Å². The van der Waals surface area contributed by atoms with Crippen molar-refractivity contribution < 1.29 is 9.18 Å². The summed E-state index contributed by atoms with van der Waals surface area (Å²) in [5.74, 6) is -1.20. The number of nitrogens with one attached hydrogen (secondary N) is 1. The summed E-state index contributed by atoms with van der Waals surface area (Å²) < 4.78 is 15.5. The van der Waals surface area contributed by atoms with Crippen LogP contribution in [-0.2, 0) is 6.54 Å². The molecule has 3 aromatic rings. The molecule has 0 aliphatic rings. The Morgan fingerprint density at radius 2 is 2.14 bits per heavy atom. The van der Waals surface area contributed by atoms with Crippen molar-refractivity contribution in [2.45, 2.75) is 6.54 Å². The number of pyridine rings is 1. The number of nitrogens with zero attached hydrogens (tertiary/aromatic N) is 2. The van der Waals surface area contributed by atoms with E-state index in [1.165, 1.54) is 18.2 Å². The topological polar surface area (TPSA) is 46.4 Å². The lowest BCUT2D eigenvalue weighted by Gasteiger charge is -2.06. The van der Waals surface area contributed by atoms with Crippen LogP contribution in [-0.4, -0.2) is 15.3 Å². The smallest absolute Gasteiger partial charge is 0.256 e. The molecular formula is C15H11ClFN3O. The van der Waals surface area contributed by atoms with E-state index in [-0.39, 0.29) is 17.1 Å². The quantitative estimate of drug-likeness (QED) is 0.808. The maximum Gasteiger partial charge on any atom is 0.256 e. The molecule has 1 aromatic carbocycles. The van der Waals surface area contributed by atoms with Crippen molar-refractivity contribution in [1.82, 2.24) is 14.7 Å². The van der Waals surface area contributed by atoms with E-state index < -0.39 is 11.7 Å². The molecule has 4 nitrogen and oxygen atoms in total. The summed E-state index contributed by atoms with van der Waals surface area (Å²) in [6.07, 6.45) is 3.67. The Kier molecular flexibility index (Phi) is 3.58. The minimum Gasteiger partial charge on any atom is -0.346 e. The molecule has 0 aliphatic heterocycles. The number of benzene rings is 1. The van der Waals surface area contributed by atoms with E-state index in [1.54, 1.807) is 6.20 Å². The van der Waals surface area contributed by atoms with Crippen LogP contribution in [0.4, 0.5) is 4.39 Å². The SMILES string of the molecule is O=C(NCc1cn2ccccc2n1)c1c(F)cccc1Cl. The number of imidazole rings is 1. The molecule has 0 unspecified atom stereocenters. The number of rotatable bonds is 3. The van der Waals surface area contributed by atoms with Gasteiger partial charge in [-0.15, -0.1) is 0 Å². The van der Waals surface area contributed by atoms with Crippen molar-refractivity contribution in [3.05, 3.63) is 70.9 Å². The predicted octanol–water partition coefficient (Wildman–Crippen LogP) is 3.06. The van der Waals surface area contributed by atoms with Crippen LogP contribution in [0, 0.1) is 5.82 Å². The van der Waals surface area contributed by atoms with E-state index in [0.29, 0.717) is 5.69 Å². The fraction of sp³-hybridized carbons (Fsp3) is 0.0667. The molecule has 6 heteroatoms. The molecule has 0 aliphatic carbocycles. The van der Waals surface area contributed by atoms with Crippen molar-refractivity contribution >= 4 is 23.2 Å². The van der Waals surface area contributed by atoms with E-state index in [4.69, 9.17) is 11.6 Å². The van der Waals surface area contributed by atoms with E-state index in [2.05, 4.69) is 10.3 Å². The molecule has 0 saturated carbocycles. The molecule has 0 fully saturated rings. The Morgan fingerprint density at radius 1 is 1.29 bits per heavy atom. The Morgan fingerprint density at radius 3 is 2.90 bits per heavy atom. The Labute approximate surface area is 125 Å². The second-order valence-corrected chi connectivity index (χ2v) is 4.88. The van der Waals surface area contributed by atoms with Gasteiger partial charge in [-0.25, -0.2) is 9.37 Å². The molecule has 0 atom stereocenters. The summed E-state index contributed by atoms with van der Waals surface area (Å²) in [6.45, 7) is 0.200. The highest BCUT2D eigenvalue weighted by atomic mass is 35.5. The first kappa shape index (κ1) is 13.6. The number of amides is 1. The first-order chi connectivity index (χ1) is 10.1. The van der Waals surface area contributed by atoms with Crippen LogP contribution in [0.3, 0.4) is 0 Å². The van der Waals surface area contributed by atoms with Crippen LogP contribution in [0.2, 0.25) is 5.02 Å². The highest BCUT2D eigenvalue weighted by Crippen LogP contribution is 2.18. The maximum absolute atomic E-state index is 13.6. The maximum atomic E-state index is 13.6. The molecule has 106 valence electrons. The zero-order valence-electron chi connectivity index (χ0n) is 10.9. The molecule has 2 heterocycles. The molecule has 21 heavy (non-hydrogen) atoms. The lowest BCUT2D eigenvalue weighted by Crippen LogP contribution is -2.24. The number of hydrogen-bond donors (Lipinski definition) is 1. The van der Waals surface area contributed by atoms with Gasteiger partial charge in [0.15, 0.2) is 0 Å². The van der Waals surface area contributed by atoms with Gasteiger partial charge in [-0.2, -0.15) is 0 Å². The van der Waals surface area contributed by atoms with Crippen molar-refractivity contribution in [3.63, 3.8) is 0 Å². The fourth-order valence-electron chi connectivity index (χ4n) is 2.05. The van der Waals surface area contributed by atoms with Crippen LogP contribution >= 0.6 is 11.6 Å². The van der Waals surface area contributed by atoms with Crippen molar-refractivity contribution in [2.75, 3.05) is 0 Å². The summed E-state index contributed by atoms with van der Waals surface area (Å²) >= 11 is 5.85. The van der Waals surface area contributed by atoms with Gasteiger partial charge in [-0.3, -0.25) is 4.79 Å². The molecule has 0 radical (unpaired) electrons. The minimum absolute atomic E-state index is 0.0856. The second-order valence-electron chi connectivity index (χ2n) is 4.48. The first-order valence-electron chi connectivity index (χ1n) is 6.30. The van der Waals surface area contributed by atoms with Crippen molar-refractivity contribution in [2.24, 2.45) is 0 Å². The molecular weight excluding hydrogens is 293 g/mol. The lowest BCUT2D eigenvalue weighted by atomic mass is 10.2. The van der Waals surface area contributed by atoms with E-state index in [0.717, 1.165) is 5.65 Å². The Hall–Kier alpha value is -2.40. The number of carbonyl (C=O) groups excluding carboxylic acids is 1. The summed E-state index contributed by atoms with van der Waals surface area (Å²) in [5, 5.41) is 2.70. The van der Waals surface area contributed by atoms with Crippen LogP contribution in [0.5, 0.6) is 0 Å².